The van der Waals surface area contributed by atoms with E-state index in [1.54, 1.807) is 31.3 Å². The van der Waals surface area contributed by atoms with Crippen LogP contribution in [0.15, 0.2) is 35.6 Å². The van der Waals surface area contributed by atoms with E-state index < -0.39 is 10.0 Å². The summed E-state index contributed by atoms with van der Waals surface area (Å²) in [6, 6.07) is 6.64. The number of hydrogen-bond donors (Lipinski definition) is 2. The zero-order valence-electron chi connectivity index (χ0n) is 13.6. The smallest absolute Gasteiger partial charge is 0.282 e. The van der Waals surface area contributed by atoms with Crippen molar-refractivity contribution in [2.24, 2.45) is 7.05 Å². The van der Waals surface area contributed by atoms with Gasteiger partial charge >= 0.3 is 0 Å². The summed E-state index contributed by atoms with van der Waals surface area (Å²) in [5.74, 6) is -0.0846. The summed E-state index contributed by atoms with van der Waals surface area (Å²) < 4.78 is 28.4. The molecule has 0 spiro atoms. The van der Waals surface area contributed by atoms with Crippen LogP contribution in [-0.2, 0) is 28.3 Å². The van der Waals surface area contributed by atoms with Crippen molar-refractivity contribution in [1.82, 2.24) is 14.9 Å². The summed E-state index contributed by atoms with van der Waals surface area (Å²) in [5, 5.41) is 2.60. The number of benzene rings is 1. The molecule has 1 aromatic carbocycles. The molecule has 9 heteroatoms. The molecule has 0 unspecified atom stereocenters. The maximum Gasteiger partial charge on any atom is 0.282 e. The third kappa shape index (κ3) is 4.48. The van der Waals surface area contributed by atoms with Crippen molar-refractivity contribution in [3.8, 4) is 0 Å². The van der Waals surface area contributed by atoms with Gasteiger partial charge in [0.25, 0.3) is 10.0 Å². The monoisotopic (exact) mass is 370 g/mol. The lowest BCUT2D eigenvalue weighted by Crippen LogP contribution is -2.31. The molecule has 0 fully saturated rings. The van der Waals surface area contributed by atoms with Gasteiger partial charge in [-0.1, -0.05) is 23.7 Å². The second-order valence-electron chi connectivity index (χ2n) is 5.65. The summed E-state index contributed by atoms with van der Waals surface area (Å²) >= 11 is 5.92. The fraction of sp³-hybridized carbons (Fsp3) is 0.333. The molecule has 0 bridgehead atoms. The van der Waals surface area contributed by atoms with Gasteiger partial charge in [0.1, 0.15) is 5.15 Å². The van der Waals surface area contributed by atoms with Crippen molar-refractivity contribution in [3.05, 3.63) is 41.3 Å². The number of amides is 1. The maximum atomic E-state index is 12.3. The second kappa shape index (κ2) is 7.23. The third-order valence-corrected chi connectivity index (χ3v) is 4.98. The zero-order valence-corrected chi connectivity index (χ0v) is 15.1. The first-order valence-corrected chi connectivity index (χ1v) is 9.13. The van der Waals surface area contributed by atoms with Crippen LogP contribution in [0.2, 0.25) is 5.15 Å². The Balaban J connectivity index is 2.09. The number of rotatable bonds is 6. The molecule has 7 nitrogen and oxygen atoms in total. The Hall–Kier alpha value is -2.06. The first-order valence-electron chi connectivity index (χ1n) is 7.27. The number of imidazole rings is 1. The molecule has 130 valence electrons. The minimum Gasteiger partial charge on any atom is -0.354 e. The van der Waals surface area contributed by atoms with E-state index in [2.05, 4.69) is 15.0 Å². The fourth-order valence-electron chi connectivity index (χ4n) is 2.03. The number of aryl methyl sites for hydroxylation is 1. The Morgan fingerprint density at radius 3 is 2.42 bits per heavy atom. The van der Waals surface area contributed by atoms with Crippen molar-refractivity contribution in [1.29, 1.82) is 0 Å². The second-order valence-corrected chi connectivity index (χ2v) is 7.61. The quantitative estimate of drug-likeness (QED) is 0.812. The van der Waals surface area contributed by atoms with Gasteiger partial charge < -0.3 is 9.88 Å². The third-order valence-electron chi connectivity index (χ3n) is 3.11. The molecule has 2 aromatic rings. The van der Waals surface area contributed by atoms with Gasteiger partial charge in [-0.3, -0.25) is 9.52 Å². The number of hydrogen-bond acceptors (Lipinski definition) is 4. The molecular formula is C15H19ClN4O3S. The summed E-state index contributed by atoms with van der Waals surface area (Å²) in [7, 11) is -2.27. The molecule has 0 aliphatic heterocycles. The highest BCUT2D eigenvalue weighted by molar-refractivity contribution is 7.92. The maximum absolute atomic E-state index is 12.3. The van der Waals surface area contributed by atoms with E-state index in [0.717, 1.165) is 5.56 Å². The van der Waals surface area contributed by atoms with Crippen LogP contribution >= 0.6 is 11.6 Å². The number of aromatic nitrogens is 2. The van der Waals surface area contributed by atoms with E-state index in [-0.39, 0.29) is 28.5 Å². The number of anilines is 1. The summed E-state index contributed by atoms with van der Waals surface area (Å²) in [6.45, 7) is 3.77. The van der Waals surface area contributed by atoms with Gasteiger partial charge in [0.05, 0.1) is 12.7 Å². The molecule has 1 amide bonds. The van der Waals surface area contributed by atoms with Crippen LogP contribution < -0.4 is 10.0 Å². The van der Waals surface area contributed by atoms with Crippen molar-refractivity contribution >= 4 is 33.2 Å². The number of carbonyl (C=O) groups is 1. The summed E-state index contributed by atoms with van der Waals surface area (Å²) in [5.41, 5.74) is 1.15. The molecule has 24 heavy (non-hydrogen) atoms. The van der Waals surface area contributed by atoms with Gasteiger partial charge in [-0.25, -0.2) is 4.98 Å². The van der Waals surface area contributed by atoms with E-state index in [1.165, 1.54) is 10.9 Å². The largest absolute Gasteiger partial charge is 0.354 e. The van der Waals surface area contributed by atoms with Gasteiger partial charge in [0.15, 0.2) is 0 Å². The Bertz CT molecular complexity index is 829. The lowest BCUT2D eigenvalue weighted by Gasteiger charge is -2.09. The average Bonchev–Trinajstić information content (AvgIpc) is 2.80. The molecule has 1 aromatic heterocycles. The molecule has 0 atom stereocenters. The number of sulfonamides is 1. The molecule has 0 aliphatic carbocycles. The Morgan fingerprint density at radius 1 is 1.29 bits per heavy atom. The van der Waals surface area contributed by atoms with Gasteiger partial charge in [0, 0.05) is 18.8 Å². The topological polar surface area (TPSA) is 93.1 Å². The molecule has 0 saturated heterocycles. The van der Waals surface area contributed by atoms with Crippen LogP contribution in [0, 0.1) is 0 Å². The minimum atomic E-state index is -3.87. The highest BCUT2D eigenvalue weighted by Gasteiger charge is 2.22. The van der Waals surface area contributed by atoms with Crippen LogP contribution in [0.25, 0.3) is 0 Å². The standard InChI is InChI=1S/C15H19ClN4O3S/c1-10(2)18-13(21)8-11-4-6-12(7-5-11)19-24(22,23)15-14(16)20(3)9-17-15/h4-7,9-10,19H,8H2,1-3H3,(H,18,21). The highest BCUT2D eigenvalue weighted by Crippen LogP contribution is 2.22. The first kappa shape index (κ1) is 18.3. The van der Waals surface area contributed by atoms with Gasteiger partial charge in [-0.2, -0.15) is 8.42 Å². The molecule has 0 radical (unpaired) electrons. The van der Waals surface area contributed by atoms with E-state index in [0.29, 0.717) is 5.69 Å². The minimum absolute atomic E-state index is 0.0319. The average molecular weight is 371 g/mol. The molecule has 2 rings (SSSR count). The summed E-state index contributed by atoms with van der Waals surface area (Å²) in [4.78, 5) is 15.5. The molecule has 2 N–H and O–H groups in total. The van der Waals surface area contributed by atoms with Crippen LogP contribution in [0.5, 0.6) is 0 Å². The molecular weight excluding hydrogens is 352 g/mol. The van der Waals surface area contributed by atoms with Crippen molar-refractivity contribution in [3.63, 3.8) is 0 Å². The highest BCUT2D eigenvalue weighted by atomic mass is 35.5. The molecule has 0 saturated carbocycles. The van der Waals surface area contributed by atoms with Crippen LogP contribution in [0.4, 0.5) is 5.69 Å². The van der Waals surface area contributed by atoms with Crippen molar-refractivity contribution in [2.45, 2.75) is 31.3 Å². The van der Waals surface area contributed by atoms with Crippen molar-refractivity contribution in [2.75, 3.05) is 4.72 Å². The predicted octanol–water partition coefficient (Wildman–Crippen LogP) is 1.94. The Kier molecular flexibility index (Phi) is 5.51. The van der Waals surface area contributed by atoms with E-state index in [4.69, 9.17) is 11.6 Å². The van der Waals surface area contributed by atoms with Crippen LogP contribution in [0.3, 0.4) is 0 Å². The lowest BCUT2D eigenvalue weighted by atomic mass is 10.1. The van der Waals surface area contributed by atoms with Gasteiger partial charge in [-0.05, 0) is 31.5 Å². The number of nitrogens with zero attached hydrogens (tertiary/aromatic N) is 2. The number of halogens is 1. The Morgan fingerprint density at radius 2 is 1.92 bits per heavy atom. The van der Waals surface area contributed by atoms with E-state index >= 15 is 0 Å². The Labute approximate surface area is 146 Å². The zero-order chi connectivity index (χ0) is 17.9. The molecule has 1 heterocycles. The predicted molar refractivity (Wildman–Crippen MR) is 92.5 cm³/mol. The SMILES string of the molecule is CC(C)NC(=O)Cc1ccc(NS(=O)(=O)c2ncn(C)c2Cl)cc1. The van der Waals surface area contributed by atoms with Crippen LogP contribution in [-0.4, -0.2) is 29.9 Å². The molecule has 0 aliphatic rings. The van der Waals surface area contributed by atoms with Gasteiger partial charge in [0.2, 0.25) is 10.9 Å². The lowest BCUT2D eigenvalue weighted by molar-refractivity contribution is -0.120. The van der Waals surface area contributed by atoms with Crippen LogP contribution in [0.1, 0.15) is 19.4 Å². The van der Waals surface area contributed by atoms with E-state index in [9.17, 15) is 13.2 Å². The number of carbonyl (C=O) groups excluding carboxylic acids is 1. The summed E-state index contributed by atoms with van der Waals surface area (Å²) in [6.07, 6.45) is 1.56. The number of nitrogens with one attached hydrogen (secondary N) is 2. The van der Waals surface area contributed by atoms with E-state index in [1.807, 2.05) is 13.8 Å². The first-order chi connectivity index (χ1) is 11.2. The normalized spacial score (nSPS) is 11.5. The van der Waals surface area contributed by atoms with Gasteiger partial charge in [-0.15, -0.1) is 0 Å². The fourth-order valence-corrected chi connectivity index (χ4v) is 3.52. The van der Waals surface area contributed by atoms with Crippen molar-refractivity contribution < 1.29 is 13.2 Å².